The number of hydrogen-bond acceptors (Lipinski definition) is 6. The first-order chi connectivity index (χ1) is 13.5. The van der Waals surface area contributed by atoms with Gasteiger partial charge >= 0.3 is 0 Å². The Hall–Kier alpha value is -2.16. The molecule has 0 bridgehead atoms. The predicted octanol–water partition coefficient (Wildman–Crippen LogP) is 3.68. The van der Waals surface area contributed by atoms with Crippen LogP contribution in [0.1, 0.15) is 37.8 Å². The van der Waals surface area contributed by atoms with Crippen LogP contribution >= 0.6 is 23.8 Å². The lowest BCUT2D eigenvalue weighted by Gasteiger charge is -2.14. The molecule has 0 radical (unpaired) electrons. The molecule has 1 aliphatic rings. The molecule has 4 N–H and O–H groups in total. The maximum atomic E-state index is 8.91. The molecule has 28 heavy (non-hydrogen) atoms. The first-order valence-corrected chi connectivity index (χ1v) is 9.79. The Balaban J connectivity index is 0.000000336. The molecule has 7 nitrogen and oxygen atoms in total. The number of nitrogens with two attached hydrogens (primary N) is 1. The quantitative estimate of drug-likeness (QED) is 0.493. The lowest BCUT2D eigenvalue weighted by Crippen LogP contribution is -2.19. The zero-order chi connectivity index (χ0) is 20.4. The average molecular weight is 425 g/mol. The van der Waals surface area contributed by atoms with Gasteiger partial charge in [-0.1, -0.05) is 19.3 Å². The molecule has 1 aliphatic carbocycles. The van der Waals surface area contributed by atoms with E-state index in [9.17, 15) is 0 Å². The van der Waals surface area contributed by atoms with Crippen LogP contribution < -0.4 is 20.5 Å². The van der Waals surface area contributed by atoms with E-state index in [4.69, 9.17) is 44.1 Å². The third-order valence-corrected chi connectivity index (χ3v) is 4.36. The Kier molecular flexibility index (Phi) is 9.19. The summed E-state index contributed by atoms with van der Waals surface area (Å²) in [6.45, 7) is 0.271. The lowest BCUT2D eigenvalue weighted by molar-refractivity contribution is 0.130. The van der Waals surface area contributed by atoms with Gasteiger partial charge in [0, 0.05) is 12.3 Å². The molecule has 0 spiro atoms. The molecule has 1 aromatic carbocycles. The molecule has 1 aromatic heterocycles. The topological polar surface area (TPSA) is 103 Å². The number of aliphatic hydroxyl groups excluding tert-OH is 1. The number of benzene rings is 1. The molecule has 3 rings (SSSR count). The minimum Gasteiger partial charge on any atom is -0.494 e. The van der Waals surface area contributed by atoms with Crippen molar-refractivity contribution in [1.82, 2.24) is 9.97 Å². The summed E-state index contributed by atoms with van der Waals surface area (Å²) < 4.78 is 10.9. The molecule has 0 unspecified atom stereocenters. The zero-order valence-corrected chi connectivity index (χ0v) is 17.3. The second-order valence-electron chi connectivity index (χ2n) is 6.25. The third-order valence-electron chi connectivity index (χ3n) is 4.08. The molecule has 0 atom stereocenters. The normalized spacial score (nSPS) is 13.8. The number of halogens is 1. The Labute approximate surface area is 175 Å². The van der Waals surface area contributed by atoms with Crippen LogP contribution in [0.5, 0.6) is 11.5 Å². The molecule has 0 amide bonds. The van der Waals surface area contributed by atoms with Gasteiger partial charge < -0.3 is 25.6 Å². The summed E-state index contributed by atoms with van der Waals surface area (Å²) in [7, 11) is 1.55. The molecule has 1 fully saturated rings. The number of aromatic nitrogens is 2. The summed E-state index contributed by atoms with van der Waals surface area (Å²) >= 11 is 10.5. The Morgan fingerprint density at radius 1 is 1.32 bits per heavy atom. The molecular weight excluding hydrogens is 400 g/mol. The van der Waals surface area contributed by atoms with Gasteiger partial charge in [0.25, 0.3) is 0 Å². The highest BCUT2D eigenvalue weighted by Crippen LogP contribution is 2.29. The van der Waals surface area contributed by atoms with Crippen LogP contribution in [0.3, 0.4) is 0 Å². The number of methoxy groups -OCH3 is 1. The standard InChI is InChI=1S/C13H13ClN4O2S.C6H12O/c1-19-11-6-9(2-3-10(11)18-13(15)21)20-7-8-4-5-16-12(14)17-8;7-6-4-2-1-3-5-6/h2-6H,7H2,1H3,(H3,15,18,21);6-7H,1-5H2. The van der Waals surface area contributed by atoms with Crippen molar-refractivity contribution in [2.45, 2.75) is 44.8 Å². The number of ether oxygens (including phenoxy) is 2. The zero-order valence-electron chi connectivity index (χ0n) is 15.7. The third kappa shape index (κ3) is 7.84. The smallest absolute Gasteiger partial charge is 0.222 e. The number of thiocarbonyl (C=S) groups is 1. The fraction of sp³-hybridized carbons (Fsp3) is 0.421. The number of nitrogens with zero attached hydrogens (tertiary/aromatic N) is 2. The highest BCUT2D eigenvalue weighted by atomic mass is 35.5. The lowest BCUT2D eigenvalue weighted by atomic mass is 9.98. The van der Waals surface area contributed by atoms with Gasteiger partial charge in [0.1, 0.15) is 18.1 Å². The van der Waals surface area contributed by atoms with Crippen LogP contribution in [0.2, 0.25) is 5.28 Å². The van der Waals surface area contributed by atoms with E-state index in [1.165, 1.54) is 19.3 Å². The van der Waals surface area contributed by atoms with Crippen LogP contribution in [-0.4, -0.2) is 33.4 Å². The fourth-order valence-electron chi connectivity index (χ4n) is 2.69. The number of nitrogens with one attached hydrogen (secondary N) is 1. The maximum absolute atomic E-state index is 8.91. The van der Waals surface area contributed by atoms with Crippen molar-refractivity contribution < 1.29 is 14.6 Å². The van der Waals surface area contributed by atoms with Gasteiger partial charge in [-0.15, -0.1) is 0 Å². The summed E-state index contributed by atoms with van der Waals surface area (Å²) in [6.07, 6.45) is 7.50. The van der Waals surface area contributed by atoms with Crippen molar-refractivity contribution in [2.75, 3.05) is 12.4 Å². The summed E-state index contributed by atoms with van der Waals surface area (Å²) in [5, 5.41) is 12.1. The van der Waals surface area contributed by atoms with Gasteiger partial charge in [0.2, 0.25) is 5.28 Å². The fourth-order valence-corrected chi connectivity index (χ4v) is 2.96. The molecule has 0 saturated heterocycles. The maximum Gasteiger partial charge on any atom is 0.222 e. The summed E-state index contributed by atoms with van der Waals surface area (Å²) in [6, 6.07) is 6.99. The van der Waals surface area contributed by atoms with Gasteiger partial charge in [-0.25, -0.2) is 9.97 Å². The largest absolute Gasteiger partial charge is 0.494 e. The Morgan fingerprint density at radius 2 is 2.07 bits per heavy atom. The summed E-state index contributed by atoms with van der Waals surface area (Å²) in [5.41, 5.74) is 6.79. The molecule has 2 aromatic rings. The second kappa shape index (κ2) is 11.6. The molecule has 152 valence electrons. The van der Waals surface area contributed by atoms with E-state index in [2.05, 4.69) is 15.3 Å². The van der Waals surface area contributed by atoms with Gasteiger partial charge in [0.05, 0.1) is 24.6 Å². The first-order valence-electron chi connectivity index (χ1n) is 9.00. The molecular formula is C19H25ClN4O3S. The number of anilines is 1. The van der Waals surface area contributed by atoms with Crippen LogP contribution in [-0.2, 0) is 6.61 Å². The molecule has 1 saturated carbocycles. The van der Waals surface area contributed by atoms with E-state index in [0.29, 0.717) is 22.9 Å². The first kappa shape index (κ1) is 22.1. The highest BCUT2D eigenvalue weighted by molar-refractivity contribution is 7.80. The van der Waals surface area contributed by atoms with E-state index in [1.807, 2.05) is 0 Å². The summed E-state index contributed by atoms with van der Waals surface area (Å²) in [5.74, 6) is 1.19. The van der Waals surface area contributed by atoms with Crippen molar-refractivity contribution in [3.05, 3.63) is 41.4 Å². The van der Waals surface area contributed by atoms with E-state index in [0.717, 1.165) is 12.8 Å². The van der Waals surface area contributed by atoms with Gasteiger partial charge in [-0.2, -0.15) is 0 Å². The van der Waals surface area contributed by atoms with Gasteiger partial charge in [0.15, 0.2) is 5.11 Å². The van der Waals surface area contributed by atoms with Crippen molar-refractivity contribution in [3.8, 4) is 11.5 Å². The van der Waals surface area contributed by atoms with E-state index in [-0.39, 0.29) is 23.1 Å². The molecule has 1 heterocycles. The summed E-state index contributed by atoms with van der Waals surface area (Å²) in [4.78, 5) is 7.85. The Morgan fingerprint density at radius 3 is 2.64 bits per heavy atom. The Bertz CT molecular complexity index is 773. The SMILES string of the molecule is COc1cc(OCc2ccnc(Cl)n2)ccc1NC(N)=S.OC1CCCCC1. The van der Waals surface area contributed by atoms with Crippen molar-refractivity contribution in [1.29, 1.82) is 0 Å². The van der Waals surface area contributed by atoms with Crippen LogP contribution in [0.4, 0.5) is 5.69 Å². The highest BCUT2D eigenvalue weighted by Gasteiger charge is 2.08. The second-order valence-corrected chi connectivity index (χ2v) is 7.03. The van der Waals surface area contributed by atoms with E-state index in [1.54, 1.807) is 37.6 Å². The monoisotopic (exact) mass is 424 g/mol. The van der Waals surface area contributed by atoms with Crippen molar-refractivity contribution in [3.63, 3.8) is 0 Å². The molecule has 0 aliphatic heterocycles. The number of aliphatic hydroxyl groups is 1. The number of rotatable bonds is 5. The van der Waals surface area contributed by atoms with Gasteiger partial charge in [-0.05, 0) is 54.9 Å². The van der Waals surface area contributed by atoms with Crippen LogP contribution in [0.15, 0.2) is 30.5 Å². The van der Waals surface area contributed by atoms with Crippen LogP contribution in [0, 0.1) is 0 Å². The number of hydrogen-bond donors (Lipinski definition) is 3. The minimum atomic E-state index is 0.0359. The van der Waals surface area contributed by atoms with E-state index >= 15 is 0 Å². The minimum absolute atomic E-state index is 0.0359. The van der Waals surface area contributed by atoms with E-state index < -0.39 is 0 Å². The molecule has 9 heteroatoms. The predicted molar refractivity (Wildman–Crippen MR) is 114 cm³/mol. The van der Waals surface area contributed by atoms with Gasteiger partial charge in [-0.3, -0.25) is 0 Å². The van der Waals surface area contributed by atoms with Crippen molar-refractivity contribution in [2.24, 2.45) is 5.73 Å². The van der Waals surface area contributed by atoms with Crippen molar-refractivity contribution >= 4 is 34.6 Å². The van der Waals surface area contributed by atoms with Crippen LogP contribution in [0.25, 0.3) is 0 Å². The average Bonchev–Trinajstić information content (AvgIpc) is 2.68.